The first-order valence-corrected chi connectivity index (χ1v) is 8.85. The molecule has 2 heterocycles. The van der Waals surface area contributed by atoms with Crippen LogP contribution < -0.4 is 5.32 Å². The molecule has 0 bridgehead atoms. The van der Waals surface area contributed by atoms with Crippen molar-refractivity contribution in [1.29, 1.82) is 0 Å². The van der Waals surface area contributed by atoms with Gasteiger partial charge >= 0.3 is 0 Å². The normalized spacial score (nSPS) is 20.3. The molecule has 0 saturated carbocycles. The van der Waals surface area contributed by atoms with Gasteiger partial charge in [0.15, 0.2) is 0 Å². The molecule has 2 amide bonds. The van der Waals surface area contributed by atoms with Gasteiger partial charge < -0.3 is 24.6 Å². The molecule has 1 aromatic carbocycles. The van der Waals surface area contributed by atoms with E-state index in [1.807, 2.05) is 41.1 Å². The van der Waals surface area contributed by atoms with Crippen LogP contribution in [0.15, 0.2) is 36.5 Å². The highest BCUT2D eigenvalue weighted by atomic mass is 16.5. The fraction of sp³-hybridized carbons (Fsp3) is 0.474. The van der Waals surface area contributed by atoms with Gasteiger partial charge in [-0.15, -0.1) is 0 Å². The summed E-state index contributed by atoms with van der Waals surface area (Å²) in [5.74, 6) is -0.198. The van der Waals surface area contributed by atoms with Crippen LogP contribution in [0.2, 0.25) is 0 Å². The molecule has 7 heteroatoms. The number of aliphatic hydroxyl groups is 1. The van der Waals surface area contributed by atoms with Crippen molar-refractivity contribution in [2.45, 2.75) is 31.5 Å². The molecule has 2 atom stereocenters. The molecule has 1 fully saturated rings. The van der Waals surface area contributed by atoms with Crippen molar-refractivity contribution >= 4 is 22.7 Å². The van der Waals surface area contributed by atoms with E-state index in [0.29, 0.717) is 26.1 Å². The molecule has 26 heavy (non-hydrogen) atoms. The van der Waals surface area contributed by atoms with Gasteiger partial charge in [-0.1, -0.05) is 18.2 Å². The molecule has 7 nitrogen and oxygen atoms in total. The summed E-state index contributed by atoms with van der Waals surface area (Å²) in [6.07, 6.45) is 1.99. The largest absolute Gasteiger partial charge is 0.391 e. The number of hydrogen-bond donors (Lipinski definition) is 2. The Morgan fingerprint density at radius 2 is 2.08 bits per heavy atom. The quantitative estimate of drug-likeness (QED) is 0.797. The number of carbonyl (C=O) groups is 2. The smallest absolute Gasteiger partial charge is 0.240 e. The summed E-state index contributed by atoms with van der Waals surface area (Å²) in [5, 5.41) is 14.1. The molecule has 1 aromatic heterocycles. The second kappa shape index (κ2) is 8.33. The number of likely N-dealkylation sites (tertiary alicyclic amines) is 1. The maximum absolute atomic E-state index is 12.4. The molecule has 140 valence electrons. The Morgan fingerprint density at radius 1 is 1.27 bits per heavy atom. The molecule has 1 aliphatic rings. The standard InChI is InChI=1S/C19H25N3O4/c1-26-9-7-19(25)22-11-15(10-16(23)12-22)20-18(24)13-21-8-6-14-4-2-3-5-17(14)21/h2-6,8,15-16,23H,7,9-13H2,1H3,(H,20,24)/t15-,16+/m0/s1. The van der Waals surface area contributed by atoms with Crippen molar-refractivity contribution in [3.05, 3.63) is 36.5 Å². The van der Waals surface area contributed by atoms with E-state index in [1.54, 1.807) is 12.0 Å². The summed E-state index contributed by atoms with van der Waals surface area (Å²) in [6.45, 7) is 1.27. The molecule has 1 aliphatic heterocycles. The summed E-state index contributed by atoms with van der Waals surface area (Å²) in [4.78, 5) is 26.2. The van der Waals surface area contributed by atoms with Crippen molar-refractivity contribution < 1.29 is 19.4 Å². The monoisotopic (exact) mass is 359 g/mol. The van der Waals surface area contributed by atoms with Crippen LogP contribution in [0.1, 0.15) is 12.8 Å². The molecular weight excluding hydrogens is 334 g/mol. The zero-order valence-corrected chi connectivity index (χ0v) is 14.9. The average Bonchev–Trinajstić information content (AvgIpc) is 3.02. The number of aliphatic hydroxyl groups excluding tert-OH is 1. The number of carbonyl (C=O) groups excluding carboxylic acids is 2. The second-order valence-electron chi connectivity index (χ2n) is 6.70. The Labute approximate surface area is 152 Å². The average molecular weight is 359 g/mol. The third-order valence-corrected chi connectivity index (χ3v) is 4.66. The number of ether oxygens (including phenoxy) is 1. The molecule has 0 spiro atoms. The minimum Gasteiger partial charge on any atom is -0.391 e. The van der Waals surface area contributed by atoms with E-state index in [2.05, 4.69) is 5.32 Å². The molecule has 2 aromatic rings. The molecule has 2 N–H and O–H groups in total. The summed E-state index contributed by atoms with van der Waals surface area (Å²) < 4.78 is 6.83. The van der Waals surface area contributed by atoms with Gasteiger partial charge in [0.2, 0.25) is 11.8 Å². The first-order valence-electron chi connectivity index (χ1n) is 8.85. The maximum Gasteiger partial charge on any atom is 0.240 e. The van der Waals surface area contributed by atoms with E-state index in [4.69, 9.17) is 4.74 Å². The Bertz CT molecular complexity index is 773. The van der Waals surface area contributed by atoms with Crippen molar-refractivity contribution in [2.24, 2.45) is 0 Å². The predicted molar refractivity (Wildman–Crippen MR) is 97.6 cm³/mol. The first-order chi connectivity index (χ1) is 12.6. The number of benzene rings is 1. The van der Waals surface area contributed by atoms with Gasteiger partial charge in [-0.3, -0.25) is 9.59 Å². The van der Waals surface area contributed by atoms with Gasteiger partial charge in [0.25, 0.3) is 0 Å². The number of nitrogens with one attached hydrogen (secondary N) is 1. The van der Waals surface area contributed by atoms with Crippen LogP contribution in [0.5, 0.6) is 0 Å². The van der Waals surface area contributed by atoms with Gasteiger partial charge in [0.1, 0.15) is 6.54 Å². The van der Waals surface area contributed by atoms with Gasteiger partial charge in [-0.25, -0.2) is 0 Å². The number of methoxy groups -OCH3 is 1. The van der Waals surface area contributed by atoms with Crippen LogP contribution in [0.25, 0.3) is 10.9 Å². The highest BCUT2D eigenvalue weighted by molar-refractivity contribution is 5.83. The van der Waals surface area contributed by atoms with E-state index in [1.165, 1.54) is 0 Å². The minimum atomic E-state index is -0.632. The summed E-state index contributed by atoms with van der Waals surface area (Å²) in [7, 11) is 1.55. The van der Waals surface area contributed by atoms with Crippen molar-refractivity contribution in [3.8, 4) is 0 Å². The van der Waals surface area contributed by atoms with Gasteiger partial charge in [0.05, 0.1) is 19.1 Å². The van der Waals surface area contributed by atoms with Crippen molar-refractivity contribution in [2.75, 3.05) is 26.8 Å². The minimum absolute atomic E-state index is 0.0683. The van der Waals surface area contributed by atoms with Gasteiger partial charge in [0, 0.05) is 38.0 Å². The molecular formula is C19H25N3O4. The van der Waals surface area contributed by atoms with Crippen LogP contribution in [0, 0.1) is 0 Å². The number of aromatic nitrogens is 1. The predicted octanol–water partition coefficient (Wildman–Crippen LogP) is 0.756. The molecule has 1 saturated heterocycles. The lowest BCUT2D eigenvalue weighted by molar-refractivity contribution is -0.137. The number of β-amino-alcohol motifs (C(OH)–C–C–N with tert-alkyl or cyclic N) is 1. The van der Waals surface area contributed by atoms with Crippen LogP contribution in [0.3, 0.4) is 0 Å². The number of hydrogen-bond acceptors (Lipinski definition) is 4. The van der Waals surface area contributed by atoms with Crippen LogP contribution >= 0.6 is 0 Å². The third kappa shape index (κ3) is 4.42. The lowest BCUT2D eigenvalue weighted by Gasteiger charge is -2.36. The SMILES string of the molecule is COCCC(=O)N1C[C@H](O)C[C@H](NC(=O)Cn2ccc3ccccc32)C1. The van der Waals surface area contributed by atoms with Crippen LogP contribution in [-0.4, -0.2) is 65.3 Å². The summed E-state index contributed by atoms with van der Waals surface area (Å²) in [6, 6.07) is 9.61. The van der Waals surface area contributed by atoms with E-state index in [0.717, 1.165) is 10.9 Å². The number of para-hydroxylation sites is 1. The van der Waals surface area contributed by atoms with Gasteiger partial charge in [-0.05, 0) is 23.9 Å². The second-order valence-corrected chi connectivity index (χ2v) is 6.70. The Balaban J connectivity index is 1.58. The topological polar surface area (TPSA) is 83.8 Å². The van der Waals surface area contributed by atoms with Crippen LogP contribution in [-0.2, 0) is 20.9 Å². The summed E-state index contributed by atoms with van der Waals surface area (Å²) >= 11 is 0. The van der Waals surface area contributed by atoms with E-state index in [-0.39, 0.29) is 30.8 Å². The first kappa shape index (κ1) is 18.4. The number of fused-ring (bicyclic) bond motifs is 1. The van der Waals surface area contributed by atoms with Crippen molar-refractivity contribution in [1.82, 2.24) is 14.8 Å². The lowest BCUT2D eigenvalue weighted by Crippen LogP contribution is -2.54. The Morgan fingerprint density at radius 3 is 2.88 bits per heavy atom. The number of piperidine rings is 1. The number of amides is 2. The van der Waals surface area contributed by atoms with E-state index >= 15 is 0 Å². The molecule has 3 rings (SSSR count). The molecule has 0 unspecified atom stereocenters. The fourth-order valence-corrected chi connectivity index (χ4v) is 3.43. The highest BCUT2D eigenvalue weighted by Gasteiger charge is 2.29. The van der Waals surface area contributed by atoms with E-state index < -0.39 is 6.10 Å². The number of nitrogens with zero attached hydrogens (tertiary/aromatic N) is 2. The fourth-order valence-electron chi connectivity index (χ4n) is 3.43. The zero-order chi connectivity index (χ0) is 18.5. The Kier molecular flexibility index (Phi) is 5.90. The lowest BCUT2D eigenvalue weighted by atomic mass is 10.0. The maximum atomic E-state index is 12.4. The Hall–Kier alpha value is -2.38. The van der Waals surface area contributed by atoms with E-state index in [9.17, 15) is 14.7 Å². The van der Waals surface area contributed by atoms with Gasteiger partial charge in [-0.2, -0.15) is 0 Å². The highest BCUT2D eigenvalue weighted by Crippen LogP contribution is 2.16. The molecule has 0 radical (unpaired) electrons. The van der Waals surface area contributed by atoms with Crippen LogP contribution in [0.4, 0.5) is 0 Å². The summed E-state index contributed by atoms with van der Waals surface area (Å²) in [5.41, 5.74) is 1.00. The van der Waals surface area contributed by atoms with Crippen molar-refractivity contribution in [3.63, 3.8) is 0 Å². The zero-order valence-electron chi connectivity index (χ0n) is 14.9. The third-order valence-electron chi connectivity index (χ3n) is 4.66. The number of rotatable bonds is 6. The molecule has 0 aliphatic carbocycles.